The fourth-order valence-corrected chi connectivity index (χ4v) is 12.6. The molecule has 19 atom stereocenters. The molecule has 1 aromatic heterocycles. The average molecular weight is 1660 g/mol. The number of H-pyrrole nitrogens is 1. The van der Waals surface area contributed by atoms with Crippen LogP contribution in [0, 0.1) is 28.6 Å². The molecule has 6 amide bonds. The number of carbonyl (C=O) groups excluding carboxylic acids is 19. The van der Waals surface area contributed by atoms with Crippen molar-refractivity contribution in [1.82, 2.24) is 74.1 Å². The molecule has 0 saturated heterocycles. The number of unbranched alkanes of at least 4 members (excludes halogenated alkanes) is 1. The lowest BCUT2D eigenvalue weighted by Gasteiger charge is -2.31. The Hall–Kier alpha value is -10.5. The van der Waals surface area contributed by atoms with Crippen LogP contribution < -0.4 is 86.3 Å². The molecule has 22 N–H and O–H groups in total. The summed E-state index contributed by atoms with van der Waals surface area (Å²) in [4.78, 5) is 276. The molecule has 39 heteroatoms. The summed E-state index contributed by atoms with van der Waals surface area (Å²) in [5.41, 5.74) is 16.4. The van der Waals surface area contributed by atoms with Crippen molar-refractivity contribution in [2.75, 3.05) is 6.54 Å². The Morgan fingerprint density at radius 1 is 0.534 bits per heavy atom. The first-order chi connectivity index (χ1) is 55.8. The van der Waals surface area contributed by atoms with Gasteiger partial charge in [-0.05, 0) is 101 Å². The van der Waals surface area contributed by atoms with E-state index in [0.29, 0.717) is 73.4 Å². The topological polar surface area (TPSA) is 636 Å². The maximum atomic E-state index is 15.3. The normalized spacial score (nSPS) is 16.5. The Labute approximate surface area is 685 Å². The van der Waals surface area contributed by atoms with E-state index in [-0.39, 0.29) is 69.5 Å². The van der Waals surface area contributed by atoms with Crippen molar-refractivity contribution in [3.8, 4) is 0 Å². The second-order valence-electron chi connectivity index (χ2n) is 30.3. The Morgan fingerprint density at radius 2 is 0.966 bits per heavy atom. The van der Waals surface area contributed by atoms with E-state index in [1.165, 1.54) is 20.8 Å². The first kappa shape index (κ1) is 104. The number of hydrogen-bond donors (Lipinski definition) is 19. The van der Waals surface area contributed by atoms with Gasteiger partial charge in [-0.15, -0.1) is 6.58 Å². The Balaban J connectivity index is 3.04. The molecule has 0 unspecified atom stereocenters. The number of allylic oxidation sites excluding steroid dienone is 1. The first-order valence-corrected chi connectivity index (χ1v) is 39.4. The number of Topliss-reactive ketones (excluding diaryl/α,β-unsaturated/α-hetero) is 5. The number of nitrogens with one attached hydrogen (secondary N) is 15. The Kier molecular flexibility index (Phi) is 47.8. The second-order valence-corrected chi connectivity index (χ2v) is 30.3. The molecule has 2 rings (SSSR count). The fourth-order valence-electron chi connectivity index (χ4n) is 12.6. The number of fused-ring (bicyclic) bond motifs is 1. The van der Waals surface area contributed by atoms with Gasteiger partial charge in [-0.3, -0.25) is 105 Å². The molecular weight excluding hydrogens is 1540 g/mol. The number of benzene rings is 1. The van der Waals surface area contributed by atoms with Gasteiger partial charge < -0.3 is 92.2 Å². The van der Waals surface area contributed by atoms with Crippen molar-refractivity contribution in [3.63, 3.8) is 0 Å². The predicted octanol–water partition coefficient (Wildman–Crippen LogP) is -2.57. The minimum absolute atomic E-state index is 0.00362. The average Bonchev–Trinajstić information content (AvgIpc) is 1.78. The van der Waals surface area contributed by atoms with Gasteiger partial charge in [0, 0.05) is 68.6 Å². The monoisotopic (exact) mass is 1660 g/mol. The number of nitrogens with two attached hydrogens (primary N) is 3. The molecule has 0 bridgehead atoms. The number of carbonyl (C=O) groups is 20. The highest BCUT2D eigenvalue weighted by molar-refractivity contribution is 6.01. The van der Waals surface area contributed by atoms with Crippen LogP contribution in [0.15, 0.2) is 43.1 Å². The molecular formula is C79H122N18O21. The van der Waals surface area contributed by atoms with E-state index in [4.69, 9.17) is 22.6 Å². The van der Waals surface area contributed by atoms with Crippen LogP contribution in [0.5, 0.6) is 0 Å². The quantitative estimate of drug-likeness (QED) is 0.00808. The van der Waals surface area contributed by atoms with Crippen LogP contribution in [-0.2, 0) is 102 Å². The largest absolute Gasteiger partial charge is 0.481 e. The smallest absolute Gasteiger partial charge is 0.303 e. The lowest BCUT2D eigenvalue weighted by atomic mass is 9.79. The Bertz CT molecular complexity index is 3760. The summed E-state index contributed by atoms with van der Waals surface area (Å²) in [5.74, 6) is -14.9. The number of aromatic amines is 1. The van der Waals surface area contributed by atoms with Crippen molar-refractivity contribution in [1.29, 1.82) is 5.41 Å². The number of guanidine groups is 1. The molecule has 39 nitrogen and oxygen atoms in total. The van der Waals surface area contributed by atoms with Gasteiger partial charge in [0.05, 0.1) is 77.9 Å². The number of amides is 6. The molecule has 0 aliphatic carbocycles. The van der Waals surface area contributed by atoms with Crippen LogP contribution in [0.25, 0.3) is 10.9 Å². The standard InChI is InChI=1S/C79H122N18O21/c1-11-14-17-26-79(10,77(81)118)34-66(110)72(89-50(37-99)19-18-27-84-78(82)83)97-75(116)59(88-53(40-102)28-44(4)5)32-64(108)70(90-52(39-101)23-25-68(112)113)95-74(115)58(87-51(38-100)22-24-67(80)111)31-63(107)69(86-47(8)36-98)94-76(117)60(93-62(43-105)46(7)13-3)33-65(109)71(91-54(41-103)30-49-35-85-56-21-16-15-20-55(49)56)96-73(114)57(29-48(9)106)92-61(42-104)45(6)12-2/h11,15-16,20-21,35-47,50-54,57-62,69-72,85-93H,1,12-14,17-19,22-34H2,2-10H3,(H2,80,111)(H2,81,118)(H,94,117)(H,95,115)(H,96,114)(H,97,116)(H,112,113)(H4,82,83,84)/t45-,46-,47-,50-,51-,52-,53-,54-,57+,58+,59+,60+,61+,62+,69+,70+,71+,72+,79+/m0/s1. The number of aliphatic carboxylic acids is 1. The number of para-hydroxylation sites is 1. The summed E-state index contributed by atoms with van der Waals surface area (Å²) in [6, 6.07) is -11.1. The van der Waals surface area contributed by atoms with E-state index in [9.17, 15) is 72.2 Å². The van der Waals surface area contributed by atoms with Crippen LogP contribution in [0.2, 0.25) is 0 Å². The third kappa shape index (κ3) is 37.4. The number of hydrogen-bond acceptors (Lipinski definition) is 29. The summed E-state index contributed by atoms with van der Waals surface area (Å²) in [7, 11) is 0. The molecule has 1 aromatic carbocycles. The van der Waals surface area contributed by atoms with Crippen molar-refractivity contribution in [3.05, 3.63) is 48.7 Å². The molecule has 654 valence electrons. The highest BCUT2D eigenvalue weighted by Gasteiger charge is 2.42. The maximum absolute atomic E-state index is 15.3. The number of aromatic nitrogens is 1. The van der Waals surface area contributed by atoms with Crippen LogP contribution in [0.4, 0.5) is 0 Å². The molecule has 0 fully saturated rings. The summed E-state index contributed by atoms with van der Waals surface area (Å²) < 4.78 is 0. The zero-order chi connectivity index (χ0) is 88.9. The van der Waals surface area contributed by atoms with Gasteiger partial charge in [0.25, 0.3) is 0 Å². The second kappa shape index (κ2) is 54.4. The van der Waals surface area contributed by atoms with Crippen LogP contribution in [-0.4, -0.2) is 240 Å². The summed E-state index contributed by atoms with van der Waals surface area (Å²) in [6.45, 7) is 17.8. The lowest BCUT2D eigenvalue weighted by molar-refractivity contribution is -0.138. The predicted molar refractivity (Wildman–Crippen MR) is 432 cm³/mol. The van der Waals surface area contributed by atoms with Crippen LogP contribution >= 0.6 is 0 Å². The molecule has 0 spiro atoms. The molecule has 2 aromatic rings. The molecule has 0 aliphatic rings. The molecule has 1 heterocycles. The van der Waals surface area contributed by atoms with E-state index in [0.717, 1.165) is 0 Å². The van der Waals surface area contributed by atoms with E-state index in [1.807, 2.05) is 0 Å². The Morgan fingerprint density at radius 3 is 1.39 bits per heavy atom. The number of aldehydes is 8. The van der Waals surface area contributed by atoms with E-state index in [2.05, 4.69) is 80.7 Å². The highest BCUT2D eigenvalue weighted by atomic mass is 16.4. The zero-order valence-electron chi connectivity index (χ0n) is 68.5. The van der Waals surface area contributed by atoms with Gasteiger partial charge in [-0.1, -0.05) is 85.6 Å². The van der Waals surface area contributed by atoms with Gasteiger partial charge in [0.2, 0.25) is 35.4 Å². The number of ketones is 5. The molecule has 0 radical (unpaired) electrons. The van der Waals surface area contributed by atoms with Crippen LogP contribution in [0.3, 0.4) is 0 Å². The summed E-state index contributed by atoms with van der Waals surface area (Å²) in [6.07, 6.45) is -7.36. The van der Waals surface area contributed by atoms with Gasteiger partial charge in [0.15, 0.2) is 29.1 Å². The minimum atomic E-state index is -2.25. The number of carboxylic acid groups (broad SMARTS) is 1. The van der Waals surface area contributed by atoms with Crippen LogP contribution in [0.1, 0.15) is 177 Å². The van der Waals surface area contributed by atoms with Gasteiger partial charge >= 0.3 is 5.97 Å². The van der Waals surface area contributed by atoms with Gasteiger partial charge in [-0.25, -0.2) is 0 Å². The van der Waals surface area contributed by atoms with Crippen molar-refractivity contribution in [2.45, 2.75) is 275 Å². The molecule has 0 saturated carbocycles. The fraction of sp³-hybridized carbons (Fsp3) is 0.608. The number of primary amides is 2. The SMILES string of the molecule is C=CCCC[C@](C)(CC(=O)[C@@H](NC(=O)[C@@H](CC(=O)[C@@H](NC(=O)[C@@H](CC(=O)[C@@H](NC(=O)[C@@H](CC(=O)[C@@H](NC(=O)[C@@H](CC(C)=O)N[C@H](C=O)[C@@H](C)CC)N[C@H](C=O)Cc1c[nH]c2ccccc12)N[C@H](C=O)[C@@H](C)CC)N[C@@H](C)C=O)N[C@H](C=O)CCC(N)=O)N[C@H](C=O)CCC(=O)O)N[C@H](C=O)CC(C)C)N[C@H](C=O)CCCNC(=N)N)C(N)=O. The van der Waals surface area contributed by atoms with E-state index < -0.39 is 243 Å². The number of carboxylic acids is 1. The maximum Gasteiger partial charge on any atom is 0.303 e. The highest BCUT2D eigenvalue weighted by Crippen LogP contribution is 2.29. The van der Waals surface area contributed by atoms with Crippen molar-refractivity contribution in [2.24, 2.45) is 40.4 Å². The number of rotatable bonds is 69. The van der Waals surface area contributed by atoms with E-state index >= 15 is 28.8 Å². The molecule has 0 aliphatic heterocycles. The minimum Gasteiger partial charge on any atom is -0.481 e. The summed E-state index contributed by atoms with van der Waals surface area (Å²) >= 11 is 0. The first-order valence-electron chi connectivity index (χ1n) is 39.4. The third-order valence-electron chi connectivity index (χ3n) is 19.9. The zero-order valence-corrected chi connectivity index (χ0v) is 68.5. The van der Waals surface area contributed by atoms with Crippen molar-refractivity contribution >= 4 is 137 Å². The lowest BCUT2D eigenvalue weighted by Crippen LogP contribution is -2.63. The molecule has 118 heavy (non-hydrogen) atoms. The summed E-state index contributed by atoms with van der Waals surface area (Å²) in [5, 5.41) is 52.1. The van der Waals surface area contributed by atoms with E-state index in [1.54, 1.807) is 78.1 Å². The third-order valence-corrected chi connectivity index (χ3v) is 19.9. The van der Waals surface area contributed by atoms with Gasteiger partial charge in [0.1, 0.15) is 80.7 Å². The van der Waals surface area contributed by atoms with Crippen molar-refractivity contribution < 1.29 is 101 Å². The van der Waals surface area contributed by atoms with Gasteiger partial charge in [-0.2, -0.15) is 0 Å².